The molecular weight excluding hydrogens is 246 g/mol. The summed E-state index contributed by atoms with van der Waals surface area (Å²) < 4.78 is 2.09. The fourth-order valence-electron chi connectivity index (χ4n) is 2.23. The third kappa shape index (κ3) is 2.19. The second-order valence-electron chi connectivity index (χ2n) is 4.67. The highest BCUT2D eigenvalue weighted by Crippen LogP contribution is 2.30. The van der Waals surface area contributed by atoms with Crippen LogP contribution in [-0.2, 0) is 7.05 Å². The zero-order valence-electron chi connectivity index (χ0n) is 11.4. The van der Waals surface area contributed by atoms with Crippen molar-refractivity contribution >= 4 is 28.3 Å². The van der Waals surface area contributed by atoms with Crippen LogP contribution in [0, 0.1) is 6.92 Å². The maximum Gasteiger partial charge on any atom is 0.109 e. The maximum atomic E-state index is 6.22. The van der Waals surface area contributed by atoms with Crippen LogP contribution in [0.5, 0.6) is 0 Å². The second-order valence-corrected chi connectivity index (χ2v) is 5.08. The van der Waals surface area contributed by atoms with Crippen LogP contribution in [-0.4, -0.2) is 15.6 Å². The van der Waals surface area contributed by atoms with Gasteiger partial charge < -0.3 is 9.88 Å². The number of nitrogens with zero attached hydrogens (tertiary/aromatic N) is 2. The third-order valence-electron chi connectivity index (χ3n) is 3.54. The van der Waals surface area contributed by atoms with Crippen LogP contribution in [0.1, 0.15) is 32.5 Å². The predicted octanol–water partition coefficient (Wildman–Crippen LogP) is 4.14. The van der Waals surface area contributed by atoms with E-state index < -0.39 is 0 Å². The van der Waals surface area contributed by atoms with Crippen molar-refractivity contribution in [1.82, 2.24) is 9.55 Å². The van der Waals surface area contributed by atoms with E-state index in [-0.39, 0.29) is 0 Å². The van der Waals surface area contributed by atoms with Crippen LogP contribution < -0.4 is 5.32 Å². The van der Waals surface area contributed by atoms with E-state index in [1.807, 2.05) is 26.1 Å². The van der Waals surface area contributed by atoms with E-state index in [2.05, 4.69) is 28.7 Å². The SMILES string of the molecule is CCC(CC)Nc1ccc(Cl)c2nc(C)n(C)c12. The Kier molecular flexibility index (Phi) is 3.81. The molecule has 98 valence electrons. The summed E-state index contributed by atoms with van der Waals surface area (Å²) in [6.07, 6.45) is 2.22. The molecule has 0 saturated heterocycles. The van der Waals surface area contributed by atoms with E-state index in [1.54, 1.807) is 0 Å². The van der Waals surface area contributed by atoms with E-state index >= 15 is 0 Å². The van der Waals surface area contributed by atoms with Crippen molar-refractivity contribution in [2.45, 2.75) is 39.7 Å². The van der Waals surface area contributed by atoms with Gasteiger partial charge in [0, 0.05) is 13.1 Å². The summed E-state index contributed by atoms with van der Waals surface area (Å²) in [7, 11) is 2.03. The molecule has 0 aliphatic rings. The van der Waals surface area contributed by atoms with Crippen LogP contribution in [0.2, 0.25) is 5.02 Å². The number of halogens is 1. The summed E-state index contributed by atoms with van der Waals surface area (Å²) in [6.45, 7) is 6.39. The molecule has 2 rings (SSSR count). The van der Waals surface area contributed by atoms with Gasteiger partial charge in [-0.15, -0.1) is 0 Å². The lowest BCUT2D eigenvalue weighted by Gasteiger charge is -2.17. The van der Waals surface area contributed by atoms with Crippen LogP contribution in [0.4, 0.5) is 5.69 Å². The average molecular weight is 266 g/mol. The van der Waals surface area contributed by atoms with Crippen LogP contribution in [0.3, 0.4) is 0 Å². The Morgan fingerprint density at radius 2 is 2.00 bits per heavy atom. The molecule has 1 aromatic carbocycles. The summed E-state index contributed by atoms with van der Waals surface area (Å²) in [5, 5.41) is 4.30. The number of hydrogen-bond acceptors (Lipinski definition) is 2. The largest absolute Gasteiger partial charge is 0.381 e. The van der Waals surface area contributed by atoms with Crippen LogP contribution in [0.15, 0.2) is 12.1 Å². The zero-order chi connectivity index (χ0) is 13.3. The first-order valence-electron chi connectivity index (χ1n) is 6.46. The molecule has 0 bridgehead atoms. The lowest BCUT2D eigenvalue weighted by Crippen LogP contribution is -2.17. The molecular formula is C14H20ClN3. The minimum Gasteiger partial charge on any atom is -0.381 e. The summed E-state index contributed by atoms with van der Waals surface area (Å²) in [5.74, 6) is 0.977. The minimum atomic E-state index is 0.490. The smallest absolute Gasteiger partial charge is 0.109 e. The van der Waals surface area contributed by atoms with E-state index in [1.165, 1.54) is 0 Å². The monoisotopic (exact) mass is 265 g/mol. The number of aryl methyl sites for hydroxylation is 2. The Morgan fingerprint density at radius 1 is 1.33 bits per heavy atom. The number of anilines is 1. The molecule has 1 aromatic heterocycles. The Hall–Kier alpha value is -1.22. The fourth-order valence-corrected chi connectivity index (χ4v) is 2.42. The summed E-state index contributed by atoms with van der Waals surface area (Å²) in [5.41, 5.74) is 3.09. The Bertz CT molecular complexity index is 556. The predicted molar refractivity (Wildman–Crippen MR) is 78.5 cm³/mol. The van der Waals surface area contributed by atoms with E-state index in [0.717, 1.165) is 35.4 Å². The first-order chi connectivity index (χ1) is 8.58. The molecule has 0 spiro atoms. The van der Waals surface area contributed by atoms with Crippen molar-refractivity contribution < 1.29 is 0 Å². The van der Waals surface area contributed by atoms with Gasteiger partial charge in [0.2, 0.25) is 0 Å². The van der Waals surface area contributed by atoms with E-state index in [9.17, 15) is 0 Å². The van der Waals surface area contributed by atoms with Crippen molar-refractivity contribution in [2.24, 2.45) is 7.05 Å². The Balaban J connectivity index is 2.54. The van der Waals surface area contributed by atoms with E-state index in [4.69, 9.17) is 11.6 Å². The number of aromatic nitrogens is 2. The number of hydrogen-bond donors (Lipinski definition) is 1. The van der Waals surface area contributed by atoms with Gasteiger partial charge >= 0.3 is 0 Å². The normalized spacial score (nSPS) is 11.4. The van der Waals surface area contributed by atoms with Gasteiger partial charge in [0.25, 0.3) is 0 Å². The van der Waals surface area contributed by atoms with Gasteiger partial charge in [-0.05, 0) is 31.9 Å². The molecule has 0 fully saturated rings. The number of imidazole rings is 1. The maximum absolute atomic E-state index is 6.22. The highest BCUT2D eigenvalue weighted by Gasteiger charge is 2.14. The molecule has 0 atom stereocenters. The highest BCUT2D eigenvalue weighted by molar-refractivity contribution is 6.35. The second kappa shape index (κ2) is 5.19. The summed E-state index contributed by atoms with van der Waals surface area (Å²) >= 11 is 6.22. The minimum absolute atomic E-state index is 0.490. The van der Waals surface area contributed by atoms with Crippen molar-refractivity contribution in [3.63, 3.8) is 0 Å². The summed E-state index contributed by atoms with van der Waals surface area (Å²) in [6, 6.07) is 4.45. The van der Waals surface area contributed by atoms with Crippen LogP contribution in [0.25, 0.3) is 11.0 Å². The molecule has 0 unspecified atom stereocenters. The first-order valence-corrected chi connectivity index (χ1v) is 6.84. The van der Waals surface area contributed by atoms with Crippen molar-refractivity contribution in [3.8, 4) is 0 Å². The topological polar surface area (TPSA) is 29.9 Å². The molecule has 0 radical (unpaired) electrons. The number of benzene rings is 1. The van der Waals surface area contributed by atoms with Gasteiger partial charge in [-0.1, -0.05) is 25.4 Å². The van der Waals surface area contributed by atoms with Crippen LogP contribution >= 0.6 is 11.6 Å². The van der Waals surface area contributed by atoms with Gasteiger partial charge in [0.15, 0.2) is 0 Å². The molecule has 1 N–H and O–H groups in total. The van der Waals surface area contributed by atoms with Gasteiger partial charge in [-0.2, -0.15) is 0 Å². The molecule has 0 saturated carbocycles. The van der Waals surface area contributed by atoms with Crippen molar-refractivity contribution in [1.29, 1.82) is 0 Å². The standard InChI is InChI=1S/C14H20ClN3/c1-5-10(6-2)17-12-8-7-11(15)13-14(12)18(4)9(3)16-13/h7-8,10,17H,5-6H2,1-4H3. The lowest BCUT2D eigenvalue weighted by molar-refractivity contribution is 0.672. The molecule has 18 heavy (non-hydrogen) atoms. The Labute approximate surface area is 113 Å². The van der Waals surface area contributed by atoms with Crippen molar-refractivity contribution in [3.05, 3.63) is 23.0 Å². The molecule has 0 amide bonds. The Morgan fingerprint density at radius 3 is 2.61 bits per heavy atom. The lowest BCUT2D eigenvalue weighted by atomic mass is 10.1. The molecule has 4 heteroatoms. The molecule has 2 aromatic rings. The van der Waals surface area contributed by atoms with Gasteiger partial charge in [0.05, 0.1) is 16.2 Å². The average Bonchev–Trinajstić information content (AvgIpc) is 2.67. The highest BCUT2D eigenvalue weighted by atomic mass is 35.5. The molecule has 3 nitrogen and oxygen atoms in total. The van der Waals surface area contributed by atoms with Gasteiger partial charge in [0.1, 0.15) is 11.3 Å². The molecule has 0 aliphatic carbocycles. The van der Waals surface area contributed by atoms with Gasteiger partial charge in [-0.3, -0.25) is 0 Å². The quantitative estimate of drug-likeness (QED) is 0.901. The number of nitrogens with one attached hydrogen (secondary N) is 1. The molecule has 0 aliphatic heterocycles. The van der Waals surface area contributed by atoms with Crippen molar-refractivity contribution in [2.75, 3.05) is 5.32 Å². The third-order valence-corrected chi connectivity index (χ3v) is 3.85. The first kappa shape index (κ1) is 13.2. The zero-order valence-corrected chi connectivity index (χ0v) is 12.2. The fraction of sp³-hybridized carbons (Fsp3) is 0.500. The summed E-state index contributed by atoms with van der Waals surface area (Å²) in [4.78, 5) is 4.52. The van der Waals surface area contributed by atoms with Gasteiger partial charge in [-0.25, -0.2) is 4.98 Å². The van der Waals surface area contributed by atoms with E-state index in [0.29, 0.717) is 11.1 Å². The molecule has 1 heterocycles. The number of rotatable bonds is 4. The number of fused-ring (bicyclic) bond motifs is 1.